The first kappa shape index (κ1) is 21.2. The minimum atomic E-state index is -1.20. The molecule has 3 aromatic rings. The molecule has 1 fully saturated rings. The van der Waals surface area contributed by atoms with E-state index in [0.717, 1.165) is 0 Å². The SMILES string of the molecule is CNc1ccccc1C(=O)C1(C)[C@H](C(=O)Nc2cccnc2)[C@@H]1C(=O)Nc1cccnc1. The van der Waals surface area contributed by atoms with Crippen LogP contribution in [0, 0.1) is 17.3 Å². The van der Waals surface area contributed by atoms with Crippen LogP contribution >= 0.6 is 0 Å². The Balaban J connectivity index is 1.65. The van der Waals surface area contributed by atoms with E-state index >= 15 is 0 Å². The predicted octanol–water partition coefficient (Wildman–Crippen LogP) is 3.23. The molecule has 2 aromatic heterocycles. The van der Waals surface area contributed by atoms with Gasteiger partial charge in [-0.05, 0) is 36.4 Å². The highest BCUT2D eigenvalue weighted by molar-refractivity contribution is 6.17. The highest BCUT2D eigenvalue weighted by Crippen LogP contribution is 2.61. The van der Waals surface area contributed by atoms with Crippen LogP contribution < -0.4 is 16.0 Å². The van der Waals surface area contributed by atoms with E-state index in [0.29, 0.717) is 22.6 Å². The average molecular weight is 429 g/mol. The standard InChI is InChI=1S/C24H23N5O3/c1-24(21(30)17-9-3-4-10-18(17)25-2)19(22(31)28-15-7-5-11-26-13-15)20(24)23(32)29-16-8-6-12-27-14-16/h3-14,19-20,25H,1-2H3,(H,28,31)(H,29,32)/t19-,20+,24?. The van der Waals surface area contributed by atoms with Crippen LogP contribution in [0.4, 0.5) is 17.1 Å². The highest BCUT2D eigenvalue weighted by Gasteiger charge is 2.72. The third-order valence-corrected chi connectivity index (χ3v) is 5.87. The number of anilines is 3. The molecular weight excluding hydrogens is 406 g/mol. The molecule has 8 heteroatoms. The predicted molar refractivity (Wildman–Crippen MR) is 121 cm³/mol. The Morgan fingerprint density at radius 2 is 1.34 bits per heavy atom. The summed E-state index contributed by atoms with van der Waals surface area (Å²) in [5.41, 5.74) is 0.880. The second kappa shape index (κ2) is 8.58. The van der Waals surface area contributed by atoms with Crippen molar-refractivity contribution in [3.8, 4) is 0 Å². The van der Waals surface area contributed by atoms with Gasteiger partial charge in [-0.25, -0.2) is 0 Å². The topological polar surface area (TPSA) is 113 Å². The van der Waals surface area contributed by atoms with Crippen LogP contribution in [0.15, 0.2) is 73.3 Å². The van der Waals surface area contributed by atoms with Gasteiger partial charge in [0.25, 0.3) is 0 Å². The molecule has 0 radical (unpaired) electrons. The zero-order chi connectivity index (χ0) is 22.7. The maximum absolute atomic E-state index is 13.6. The van der Waals surface area contributed by atoms with Crippen LogP contribution in [0.2, 0.25) is 0 Å². The number of carbonyl (C=O) groups excluding carboxylic acids is 3. The van der Waals surface area contributed by atoms with E-state index in [2.05, 4.69) is 25.9 Å². The van der Waals surface area contributed by atoms with Crippen LogP contribution in [-0.2, 0) is 9.59 Å². The van der Waals surface area contributed by atoms with Gasteiger partial charge in [0.05, 0.1) is 41.0 Å². The van der Waals surface area contributed by atoms with E-state index in [9.17, 15) is 14.4 Å². The van der Waals surface area contributed by atoms with Crippen molar-refractivity contribution < 1.29 is 14.4 Å². The maximum Gasteiger partial charge on any atom is 0.229 e. The normalized spacial score (nSPS) is 21.3. The Kier molecular flexibility index (Phi) is 5.68. The lowest BCUT2D eigenvalue weighted by molar-refractivity contribution is -0.122. The maximum atomic E-state index is 13.6. The summed E-state index contributed by atoms with van der Waals surface area (Å²) in [6.45, 7) is 1.67. The minimum Gasteiger partial charge on any atom is -0.388 e. The van der Waals surface area contributed by atoms with Gasteiger partial charge in [-0.2, -0.15) is 0 Å². The fraction of sp³-hybridized carbons (Fsp3) is 0.208. The lowest BCUT2D eigenvalue weighted by Crippen LogP contribution is -2.24. The third-order valence-electron chi connectivity index (χ3n) is 5.87. The van der Waals surface area contributed by atoms with Gasteiger partial charge < -0.3 is 16.0 Å². The summed E-state index contributed by atoms with van der Waals surface area (Å²) >= 11 is 0. The van der Waals surface area contributed by atoms with Crippen molar-refractivity contribution in [2.24, 2.45) is 17.3 Å². The first-order valence-corrected chi connectivity index (χ1v) is 10.2. The van der Waals surface area contributed by atoms with Gasteiger partial charge in [0.15, 0.2) is 5.78 Å². The Bertz CT molecular complexity index is 1090. The van der Waals surface area contributed by atoms with Crippen molar-refractivity contribution in [2.75, 3.05) is 23.0 Å². The molecule has 2 heterocycles. The third kappa shape index (κ3) is 3.82. The van der Waals surface area contributed by atoms with Gasteiger partial charge in [0, 0.05) is 30.7 Å². The van der Waals surface area contributed by atoms with Crippen LogP contribution in [-0.4, -0.2) is 34.6 Å². The van der Waals surface area contributed by atoms with E-state index in [4.69, 9.17) is 0 Å². The van der Waals surface area contributed by atoms with E-state index < -0.39 is 29.1 Å². The number of rotatable bonds is 7. The zero-order valence-electron chi connectivity index (χ0n) is 17.7. The molecular formula is C24H23N5O3. The summed E-state index contributed by atoms with van der Waals surface area (Å²) in [4.78, 5) is 47.9. The molecule has 0 saturated heterocycles. The largest absolute Gasteiger partial charge is 0.388 e. The van der Waals surface area contributed by atoms with Gasteiger partial charge in [-0.3, -0.25) is 24.4 Å². The number of carbonyl (C=O) groups is 3. The second-order valence-corrected chi connectivity index (χ2v) is 7.82. The number of nitrogens with zero attached hydrogens (tertiary/aromatic N) is 2. The summed E-state index contributed by atoms with van der Waals surface area (Å²) < 4.78 is 0. The molecule has 0 bridgehead atoms. The highest BCUT2D eigenvalue weighted by atomic mass is 16.2. The molecule has 32 heavy (non-hydrogen) atoms. The van der Waals surface area contributed by atoms with Crippen molar-refractivity contribution in [3.05, 3.63) is 78.9 Å². The first-order chi connectivity index (χ1) is 15.5. The lowest BCUT2D eigenvalue weighted by atomic mass is 9.91. The summed E-state index contributed by atoms with van der Waals surface area (Å²) in [7, 11) is 1.72. The molecule has 1 aromatic carbocycles. The molecule has 1 saturated carbocycles. The number of hydrogen-bond donors (Lipinski definition) is 3. The number of aromatic nitrogens is 2. The van der Waals surface area contributed by atoms with Gasteiger partial charge in [0.2, 0.25) is 11.8 Å². The zero-order valence-corrected chi connectivity index (χ0v) is 17.7. The summed E-state index contributed by atoms with van der Waals surface area (Å²) in [6.07, 6.45) is 6.22. The first-order valence-electron chi connectivity index (χ1n) is 10.2. The van der Waals surface area contributed by atoms with Crippen LogP contribution in [0.25, 0.3) is 0 Å². The van der Waals surface area contributed by atoms with Crippen LogP contribution in [0.3, 0.4) is 0 Å². The smallest absolute Gasteiger partial charge is 0.229 e. The van der Waals surface area contributed by atoms with Crippen LogP contribution in [0.1, 0.15) is 17.3 Å². The Hall–Kier alpha value is -4.07. The van der Waals surface area contributed by atoms with Crippen molar-refractivity contribution in [1.82, 2.24) is 9.97 Å². The minimum absolute atomic E-state index is 0.264. The Morgan fingerprint density at radius 3 is 1.81 bits per heavy atom. The Morgan fingerprint density at radius 1 is 0.812 bits per heavy atom. The molecule has 4 rings (SSSR count). The molecule has 0 spiro atoms. The van der Waals surface area contributed by atoms with Crippen LogP contribution in [0.5, 0.6) is 0 Å². The van der Waals surface area contributed by atoms with Crippen molar-refractivity contribution in [3.63, 3.8) is 0 Å². The molecule has 3 atom stereocenters. The van der Waals surface area contributed by atoms with E-state index in [1.54, 1.807) is 68.8 Å². The van der Waals surface area contributed by atoms with Gasteiger partial charge in [0.1, 0.15) is 0 Å². The molecule has 2 amide bonds. The lowest BCUT2D eigenvalue weighted by Gasteiger charge is -2.14. The number of nitrogens with one attached hydrogen (secondary N) is 3. The van der Waals surface area contributed by atoms with Gasteiger partial charge in [-0.15, -0.1) is 0 Å². The molecule has 1 aliphatic carbocycles. The molecule has 8 nitrogen and oxygen atoms in total. The van der Waals surface area contributed by atoms with Gasteiger partial charge >= 0.3 is 0 Å². The summed E-state index contributed by atoms with van der Waals surface area (Å²) in [5, 5.41) is 8.57. The number of hydrogen-bond acceptors (Lipinski definition) is 6. The van der Waals surface area contributed by atoms with E-state index in [1.807, 2.05) is 6.07 Å². The van der Waals surface area contributed by atoms with Crippen molar-refractivity contribution >= 4 is 34.7 Å². The van der Waals surface area contributed by atoms with Gasteiger partial charge in [-0.1, -0.05) is 19.1 Å². The number of pyridine rings is 2. The van der Waals surface area contributed by atoms with Crippen molar-refractivity contribution in [2.45, 2.75) is 6.92 Å². The molecule has 0 aliphatic heterocycles. The monoisotopic (exact) mass is 429 g/mol. The molecule has 1 aliphatic rings. The van der Waals surface area contributed by atoms with E-state index in [-0.39, 0.29) is 5.78 Å². The second-order valence-electron chi connectivity index (χ2n) is 7.82. The summed E-state index contributed by atoms with van der Waals surface area (Å²) in [6, 6.07) is 13.9. The quantitative estimate of drug-likeness (QED) is 0.497. The summed E-state index contributed by atoms with van der Waals surface area (Å²) in [5.74, 6) is -2.74. The fourth-order valence-corrected chi connectivity index (χ4v) is 4.15. The number of benzene rings is 1. The molecule has 1 unspecified atom stereocenters. The number of ketones is 1. The number of para-hydroxylation sites is 1. The molecule has 3 N–H and O–H groups in total. The number of Topliss-reactive ketones (excluding diaryl/α,β-unsaturated/α-hetero) is 1. The Labute approximate surface area is 185 Å². The average Bonchev–Trinajstić information content (AvgIpc) is 3.47. The molecule has 162 valence electrons. The van der Waals surface area contributed by atoms with Crippen molar-refractivity contribution in [1.29, 1.82) is 0 Å². The fourth-order valence-electron chi connectivity index (χ4n) is 4.15. The number of amides is 2. The van der Waals surface area contributed by atoms with E-state index in [1.165, 1.54) is 12.4 Å².